The molecule has 9 aromatic rings. The zero-order valence-electron chi connectivity index (χ0n) is 67.5. The van der Waals surface area contributed by atoms with Gasteiger partial charge in [-0.25, -0.2) is 14.0 Å². The first-order chi connectivity index (χ1) is 54.5. The summed E-state index contributed by atoms with van der Waals surface area (Å²) in [5.41, 5.74) is 11.3. The van der Waals surface area contributed by atoms with E-state index in [2.05, 4.69) is 133 Å². The highest BCUT2D eigenvalue weighted by molar-refractivity contribution is 6.77. The van der Waals surface area contributed by atoms with Crippen molar-refractivity contribution in [3.05, 3.63) is 180 Å². The molecule has 2 saturated heterocycles. The van der Waals surface area contributed by atoms with E-state index in [4.69, 9.17) is 57.6 Å². The number of benzene rings is 6. The van der Waals surface area contributed by atoms with Gasteiger partial charge in [-0.1, -0.05) is 70.6 Å². The van der Waals surface area contributed by atoms with E-state index >= 15 is 0 Å². The number of hydrogen-bond donors (Lipinski definition) is 2. The number of esters is 1. The Morgan fingerprint density at radius 3 is 1.57 bits per heavy atom. The first-order valence-corrected chi connectivity index (χ1v) is 51.4. The molecule has 8 heterocycles. The van der Waals surface area contributed by atoms with E-state index in [9.17, 15) is 14.7 Å². The molecule has 6 aromatic carbocycles. The van der Waals surface area contributed by atoms with Gasteiger partial charge in [-0.2, -0.15) is 15.3 Å². The maximum absolute atomic E-state index is 13.9. The van der Waals surface area contributed by atoms with Crippen molar-refractivity contribution >= 4 is 36.1 Å². The third kappa shape index (κ3) is 21.4. The fourth-order valence-electron chi connectivity index (χ4n) is 16.0. The van der Waals surface area contributed by atoms with E-state index in [1.54, 1.807) is 13.2 Å². The van der Waals surface area contributed by atoms with Crippen molar-refractivity contribution < 1.29 is 62.1 Å². The number of aliphatic hydroxyl groups is 1. The molecule has 0 saturated carbocycles. The molecule has 5 atom stereocenters. The molecule has 113 heavy (non-hydrogen) atoms. The van der Waals surface area contributed by atoms with Crippen LogP contribution in [0.3, 0.4) is 0 Å². The number of nitrogens with one attached hydrogen (secondary N) is 1. The SMILES string of the molecule is CCOC(=O)C1CCN(CC2Cc3ccc(Oc4ccc(-c5ccnn5COCC[Si](C)(C)C)cc4C[Si](C)(C)CCOCn4nccc4-c4ccc(Oc5ccc6c(c5)OC(CO)C6)cc4)cc3O2)CC1Cc1cc(-c2ccc(Oc3ccc4c(c3)OC(CN3CCC(C(=O)NC)CC3)C4)cc2)n(COCC[Si](C)(C)C)n1. The number of hydrogen-bond acceptors (Lipinski definition) is 18. The highest BCUT2D eigenvalue weighted by atomic mass is 28.3. The zero-order chi connectivity index (χ0) is 78.8. The fourth-order valence-corrected chi connectivity index (χ4v) is 19.7. The lowest BCUT2D eigenvalue weighted by atomic mass is 9.82. The average Bonchev–Trinajstić information content (AvgIpc) is 1.31. The van der Waals surface area contributed by atoms with Gasteiger partial charge in [0.1, 0.15) is 90.2 Å². The second-order valence-electron chi connectivity index (χ2n) is 34.3. The van der Waals surface area contributed by atoms with Gasteiger partial charge in [0.05, 0.1) is 50.0 Å². The van der Waals surface area contributed by atoms with Gasteiger partial charge in [-0.15, -0.1) is 0 Å². The summed E-state index contributed by atoms with van der Waals surface area (Å²) in [6, 6.07) is 50.9. The van der Waals surface area contributed by atoms with E-state index in [0.717, 1.165) is 155 Å². The highest BCUT2D eigenvalue weighted by Gasteiger charge is 2.39. The lowest BCUT2D eigenvalue weighted by molar-refractivity contribution is -0.152. The van der Waals surface area contributed by atoms with Crippen LogP contribution in [0.2, 0.25) is 70.5 Å². The molecule has 600 valence electrons. The van der Waals surface area contributed by atoms with Gasteiger partial charge in [0.15, 0.2) is 0 Å². The minimum Gasteiger partial charge on any atom is -0.488 e. The second kappa shape index (κ2) is 36.3. The number of ether oxygens (including phenoxy) is 10. The molecule has 5 unspecified atom stereocenters. The van der Waals surface area contributed by atoms with Gasteiger partial charge >= 0.3 is 5.97 Å². The maximum atomic E-state index is 13.9. The average molecular weight is 1590 g/mol. The van der Waals surface area contributed by atoms with Crippen molar-refractivity contribution in [1.82, 2.24) is 44.5 Å². The largest absolute Gasteiger partial charge is 0.488 e. The number of carbonyl (C=O) groups excluding carboxylic acids is 2. The van der Waals surface area contributed by atoms with Crippen molar-refractivity contribution in [2.75, 3.05) is 79.4 Å². The Balaban J connectivity index is 0.616. The molecule has 2 N–H and O–H groups in total. The van der Waals surface area contributed by atoms with Gasteiger partial charge in [-0.3, -0.25) is 19.4 Å². The predicted molar refractivity (Wildman–Crippen MR) is 446 cm³/mol. The third-order valence-electron chi connectivity index (χ3n) is 22.4. The van der Waals surface area contributed by atoms with Gasteiger partial charge in [0.25, 0.3) is 0 Å². The molecule has 0 radical (unpaired) electrons. The summed E-state index contributed by atoms with van der Waals surface area (Å²) in [5, 5.41) is 27.0. The monoisotopic (exact) mass is 1590 g/mol. The molecule has 2 fully saturated rings. The molecule has 14 rings (SSSR count). The van der Waals surface area contributed by atoms with Gasteiger partial charge in [-0.05, 0) is 208 Å². The van der Waals surface area contributed by atoms with E-state index in [-0.39, 0.29) is 54.5 Å². The maximum Gasteiger partial charge on any atom is 0.309 e. The molecule has 22 nitrogen and oxygen atoms in total. The van der Waals surface area contributed by atoms with Crippen LogP contribution in [0.5, 0.6) is 51.7 Å². The lowest BCUT2D eigenvalue weighted by Crippen LogP contribution is -2.47. The number of amides is 1. The second-order valence-corrected chi connectivity index (χ2v) is 50.8. The van der Waals surface area contributed by atoms with Crippen LogP contribution in [0.15, 0.2) is 152 Å². The van der Waals surface area contributed by atoms with Crippen molar-refractivity contribution in [3.8, 4) is 85.5 Å². The van der Waals surface area contributed by atoms with E-state index in [0.29, 0.717) is 108 Å². The predicted octanol–water partition coefficient (Wildman–Crippen LogP) is 15.8. The zero-order valence-corrected chi connectivity index (χ0v) is 70.5. The summed E-state index contributed by atoms with van der Waals surface area (Å²) in [5.74, 6) is 6.43. The molecule has 5 aliphatic heterocycles. The normalized spacial score (nSPS) is 18.6. The van der Waals surface area contributed by atoms with Gasteiger partial charge in [0, 0.05) is 135 Å². The van der Waals surface area contributed by atoms with Crippen LogP contribution in [0.25, 0.3) is 33.8 Å². The number of piperidine rings is 2. The van der Waals surface area contributed by atoms with Gasteiger partial charge < -0.3 is 57.8 Å². The Morgan fingerprint density at radius 2 is 1.02 bits per heavy atom. The van der Waals surface area contributed by atoms with Crippen LogP contribution < -0.4 is 33.7 Å². The van der Waals surface area contributed by atoms with Crippen LogP contribution in [-0.2, 0) is 80.5 Å². The standard InChI is InChI=1S/C88H113N9O13Si3/c1-11-104-88(100)79-32-37-94(53-68(79)45-70-49-82(97(92-70)60-102-39-42-112(6,7)8)62-14-22-72(23-15-62)106-73-24-16-65-46-76(108-84(65)50-73)54-93-35-30-63(31-36-93)87(99)89-2)55-77-47-66-18-26-75(52-85(66)109-77)107-83-27-19-64(81-29-34-91-96(81)59-101-38-41-111(3,4)5)44-69(83)57-113(9,10)43-40-103-58-95-80(28-33-90-95)61-12-20-71(21-13-61)105-74-25-17-67-48-78(56-98)110-86(67)51-74/h12-29,33-34,44,49-52,63,68,76-79,98H,11,30-32,35-43,45-48,53-60H2,1-10H3,(H,89,99). The fraction of sp³-hybridized carbons (Fsp3) is 0.466. The summed E-state index contributed by atoms with van der Waals surface area (Å²) >= 11 is 0. The van der Waals surface area contributed by atoms with Crippen LogP contribution in [0, 0.1) is 17.8 Å². The minimum absolute atomic E-state index is 0.0212. The summed E-state index contributed by atoms with van der Waals surface area (Å²) in [4.78, 5) is 31.0. The molecular weight excluding hydrogens is 1480 g/mol. The summed E-state index contributed by atoms with van der Waals surface area (Å²) in [7, 11) is -2.96. The molecule has 1 amide bonds. The summed E-state index contributed by atoms with van der Waals surface area (Å²) in [6.45, 7) is 28.8. The van der Waals surface area contributed by atoms with Crippen molar-refractivity contribution in [1.29, 1.82) is 0 Å². The van der Waals surface area contributed by atoms with Crippen LogP contribution in [-0.4, -0.2) is 178 Å². The Hall–Kier alpha value is -8.90. The number of rotatable bonds is 36. The molecule has 5 aliphatic rings. The lowest BCUT2D eigenvalue weighted by Gasteiger charge is -2.38. The summed E-state index contributed by atoms with van der Waals surface area (Å²) < 4.78 is 69.6. The Labute approximate surface area is 668 Å². The number of likely N-dealkylation sites (tertiary alicyclic amines) is 2. The van der Waals surface area contributed by atoms with Gasteiger partial charge in [0.2, 0.25) is 5.91 Å². The topological polar surface area (TPSA) is 219 Å². The molecule has 0 bridgehead atoms. The highest BCUT2D eigenvalue weighted by Crippen LogP contribution is 2.42. The van der Waals surface area contributed by atoms with Crippen LogP contribution in [0.4, 0.5) is 0 Å². The first-order valence-electron chi connectivity index (χ1n) is 40.6. The first kappa shape index (κ1) is 80.7. The van der Waals surface area contributed by atoms with Crippen LogP contribution >= 0.6 is 0 Å². The molecule has 0 aliphatic carbocycles. The number of aliphatic hydroxyl groups excluding tert-OH is 1. The molecular formula is C88H113N9O13Si3. The van der Waals surface area contributed by atoms with Crippen molar-refractivity contribution in [3.63, 3.8) is 0 Å². The van der Waals surface area contributed by atoms with E-state index in [1.807, 2.05) is 106 Å². The van der Waals surface area contributed by atoms with E-state index in [1.165, 1.54) is 5.56 Å². The van der Waals surface area contributed by atoms with E-state index < -0.39 is 24.2 Å². The third-order valence-corrected chi connectivity index (χ3v) is 28.7. The summed E-state index contributed by atoms with van der Waals surface area (Å²) in [6.07, 6.45) is 8.65. The number of aromatic nitrogens is 6. The number of nitrogens with zero attached hydrogens (tertiary/aromatic N) is 8. The quantitative estimate of drug-likeness (QED) is 0.0212. The minimum atomic E-state index is -2.03. The molecule has 25 heteroatoms. The number of carbonyl (C=O) groups is 2. The van der Waals surface area contributed by atoms with Crippen molar-refractivity contribution in [2.24, 2.45) is 17.8 Å². The smallest absolute Gasteiger partial charge is 0.309 e. The molecule has 0 spiro atoms. The molecule has 3 aromatic heterocycles. The van der Waals surface area contributed by atoms with Crippen LogP contribution in [0.1, 0.15) is 54.1 Å². The van der Waals surface area contributed by atoms with Crippen molar-refractivity contribution in [2.45, 2.75) is 167 Å². The Bertz CT molecular complexity index is 4700. The number of fused-ring (bicyclic) bond motifs is 3. The Morgan fingerprint density at radius 1 is 0.531 bits per heavy atom. The Kier molecular flexibility index (Phi) is 25.9.